The third kappa shape index (κ3) is 5.54. The van der Waals surface area contributed by atoms with Crippen LogP contribution >= 0.6 is 0 Å². The molecule has 0 rings (SSSR count). The van der Waals surface area contributed by atoms with Gasteiger partial charge in [-0.1, -0.05) is 11.6 Å². The number of aliphatic hydroxyl groups is 1. The Morgan fingerprint density at radius 1 is 1.36 bits per heavy atom. The summed E-state index contributed by atoms with van der Waals surface area (Å²) in [7, 11) is 1.77. The average Bonchev–Trinajstić information content (AvgIpc) is 2.10. The Labute approximate surface area is 85.5 Å². The van der Waals surface area contributed by atoms with Crippen molar-refractivity contribution in [1.82, 2.24) is 5.32 Å². The van der Waals surface area contributed by atoms with E-state index in [1.165, 1.54) is 0 Å². The summed E-state index contributed by atoms with van der Waals surface area (Å²) in [5.74, 6) is 0.401. The van der Waals surface area contributed by atoms with E-state index in [0.717, 1.165) is 5.57 Å². The number of carbonyl (C=O) groups is 1. The molecule has 0 saturated carbocycles. The van der Waals surface area contributed by atoms with Crippen molar-refractivity contribution in [1.29, 1.82) is 0 Å². The standard InChI is InChI=1S/C11H19NO2/c1-8(5-6-9(2)13)7-11(12-4)10(3)14/h5-6,11-13H,7H2,1-4H3/b8-5+,9-6+. The maximum absolute atomic E-state index is 11.1. The van der Waals surface area contributed by atoms with E-state index >= 15 is 0 Å². The van der Waals surface area contributed by atoms with Gasteiger partial charge in [0.1, 0.15) is 5.78 Å². The van der Waals surface area contributed by atoms with Gasteiger partial charge in [0.25, 0.3) is 0 Å². The zero-order valence-electron chi connectivity index (χ0n) is 9.29. The number of Topliss-reactive ketones (excluding diaryl/α,β-unsaturated/α-hetero) is 1. The van der Waals surface area contributed by atoms with E-state index in [-0.39, 0.29) is 17.6 Å². The highest BCUT2D eigenvalue weighted by Crippen LogP contribution is 2.06. The van der Waals surface area contributed by atoms with E-state index in [1.54, 1.807) is 27.0 Å². The van der Waals surface area contributed by atoms with Gasteiger partial charge < -0.3 is 10.4 Å². The summed E-state index contributed by atoms with van der Waals surface area (Å²) in [6.07, 6.45) is 4.13. The molecule has 1 unspecified atom stereocenters. The summed E-state index contributed by atoms with van der Waals surface area (Å²) < 4.78 is 0. The van der Waals surface area contributed by atoms with Crippen molar-refractivity contribution in [2.24, 2.45) is 0 Å². The number of ketones is 1. The second-order valence-corrected chi connectivity index (χ2v) is 3.48. The number of aliphatic hydroxyl groups excluding tert-OH is 1. The van der Waals surface area contributed by atoms with E-state index in [1.807, 2.05) is 13.0 Å². The summed E-state index contributed by atoms with van der Waals surface area (Å²) in [5.41, 5.74) is 1.06. The van der Waals surface area contributed by atoms with Crippen LogP contribution in [-0.2, 0) is 4.79 Å². The van der Waals surface area contributed by atoms with E-state index in [4.69, 9.17) is 5.11 Å². The third-order valence-electron chi connectivity index (χ3n) is 1.97. The van der Waals surface area contributed by atoms with E-state index in [0.29, 0.717) is 6.42 Å². The van der Waals surface area contributed by atoms with Gasteiger partial charge in [-0.15, -0.1) is 0 Å². The summed E-state index contributed by atoms with van der Waals surface area (Å²) in [6, 6.07) is -0.126. The maximum atomic E-state index is 11.1. The molecule has 2 N–H and O–H groups in total. The van der Waals surface area contributed by atoms with Gasteiger partial charge in [0.2, 0.25) is 0 Å². The Morgan fingerprint density at radius 2 is 1.93 bits per heavy atom. The molecule has 0 heterocycles. The number of nitrogens with one attached hydrogen (secondary N) is 1. The summed E-state index contributed by atoms with van der Waals surface area (Å²) in [5, 5.41) is 11.9. The van der Waals surface area contributed by atoms with E-state index in [9.17, 15) is 4.79 Å². The number of rotatable bonds is 5. The van der Waals surface area contributed by atoms with Crippen molar-refractivity contribution < 1.29 is 9.90 Å². The minimum Gasteiger partial charge on any atom is -0.513 e. The molecule has 0 aromatic carbocycles. The fourth-order valence-corrected chi connectivity index (χ4v) is 1.10. The van der Waals surface area contributed by atoms with Crippen LogP contribution in [0.3, 0.4) is 0 Å². The van der Waals surface area contributed by atoms with Crippen LogP contribution in [0.2, 0.25) is 0 Å². The minimum atomic E-state index is -0.126. The van der Waals surface area contributed by atoms with E-state index in [2.05, 4.69) is 5.32 Å². The number of hydrogen-bond acceptors (Lipinski definition) is 3. The normalized spacial score (nSPS) is 15.4. The van der Waals surface area contributed by atoms with Crippen molar-refractivity contribution in [3.63, 3.8) is 0 Å². The van der Waals surface area contributed by atoms with Crippen molar-refractivity contribution in [3.8, 4) is 0 Å². The Kier molecular flexibility index (Phi) is 5.88. The van der Waals surface area contributed by atoms with Gasteiger partial charge >= 0.3 is 0 Å². The smallest absolute Gasteiger partial charge is 0.146 e. The van der Waals surface area contributed by atoms with Crippen molar-refractivity contribution in [3.05, 3.63) is 23.5 Å². The predicted molar refractivity (Wildman–Crippen MR) is 58.3 cm³/mol. The fraction of sp³-hybridized carbons (Fsp3) is 0.545. The average molecular weight is 197 g/mol. The Morgan fingerprint density at radius 3 is 2.29 bits per heavy atom. The van der Waals surface area contributed by atoms with Gasteiger partial charge in [0.15, 0.2) is 0 Å². The zero-order chi connectivity index (χ0) is 11.1. The lowest BCUT2D eigenvalue weighted by molar-refractivity contribution is -0.118. The van der Waals surface area contributed by atoms with Crippen LogP contribution in [-0.4, -0.2) is 24.0 Å². The SMILES string of the molecule is CNC(C/C(C)=C/C=C(\C)O)C(C)=O. The van der Waals surface area contributed by atoms with Gasteiger partial charge in [-0.2, -0.15) is 0 Å². The van der Waals surface area contributed by atoms with Crippen LogP contribution < -0.4 is 5.32 Å². The van der Waals surface area contributed by atoms with Crippen LogP contribution in [0.25, 0.3) is 0 Å². The molecule has 0 spiro atoms. The first kappa shape index (κ1) is 12.9. The first-order valence-corrected chi connectivity index (χ1v) is 4.68. The fourth-order valence-electron chi connectivity index (χ4n) is 1.10. The second kappa shape index (κ2) is 6.38. The van der Waals surface area contributed by atoms with Crippen molar-refractivity contribution in [2.75, 3.05) is 7.05 Å². The molecule has 14 heavy (non-hydrogen) atoms. The molecular formula is C11H19NO2. The zero-order valence-corrected chi connectivity index (χ0v) is 9.29. The first-order chi connectivity index (χ1) is 6.47. The lowest BCUT2D eigenvalue weighted by Crippen LogP contribution is -2.32. The molecule has 0 bridgehead atoms. The van der Waals surface area contributed by atoms with E-state index < -0.39 is 0 Å². The van der Waals surface area contributed by atoms with Gasteiger partial charge in [0.05, 0.1) is 11.8 Å². The Bertz CT molecular complexity index is 250. The molecule has 0 radical (unpaired) electrons. The van der Waals surface area contributed by atoms with Crippen LogP contribution in [0, 0.1) is 0 Å². The lowest BCUT2D eigenvalue weighted by Gasteiger charge is -2.12. The van der Waals surface area contributed by atoms with Crippen LogP contribution in [0.15, 0.2) is 23.5 Å². The monoisotopic (exact) mass is 197 g/mol. The first-order valence-electron chi connectivity index (χ1n) is 4.68. The Hall–Kier alpha value is -1.09. The molecule has 0 aliphatic rings. The highest BCUT2D eigenvalue weighted by Gasteiger charge is 2.10. The largest absolute Gasteiger partial charge is 0.513 e. The number of allylic oxidation sites excluding steroid dienone is 3. The molecular weight excluding hydrogens is 178 g/mol. The quantitative estimate of drug-likeness (QED) is 0.523. The molecule has 0 aromatic rings. The highest BCUT2D eigenvalue weighted by atomic mass is 16.3. The van der Waals surface area contributed by atoms with Crippen molar-refractivity contribution in [2.45, 2.75) is 33.2 Å². The van der Waals surface area contributed by atoms with Crippen molar-refractivity contribution >= 4 is 5.78 Å². The molecule has 3 nitrogen and oxygen atoms in total. The van der Waals surface area contributed by atoms with Gasteiger partial charge in [0, 0.05) is 0 Å². The maximum Gasteiger partial charge on any atom is 0.146 e. The highest BCUT2D eigenvalue weighted by molar-refractivity contribution is 5.81. The van der Waals surface area contributed by atoms with Crippen LogP contribution in [0.1, 0.15) is 27.2 Å². The van der Waals surface area contributed by atoms with Crippen LogP contribution in [0.4, 0.5) is 0 Å². The molecule has 3 heteroatoms. The van der Waals surface area contributed by atoms with Gasteiger partial charge in [-0.05, 0) is 40.3 Å². The predicted octanol–water partition coefficient (Wildman–Crippen LogP) is 1.96. The van der Waals surface area contributed by atoms with Crippen LogP contribution in [0.5, 0.6) is 0 Å². The molecule has 0 aliphatic heterocycles. The molecule has 0 aliphatic carbocycles. The Balaban J connectivity index is 4.29. The molecule has 80 valence electrons. The molecule has 0 aromatic heterocycles. The summed E-state index contributed by atoms with van der Waals surface area (Å²) in [6.45, 7) is 5.12. The topological polar surface area (TPSA) is 49.3 Å². The third-order valence-corrected chi connectivity index (χ3v) is 1.97. The lowest BCUT2D eigenvalue weighted by atomic mass is 10.0. The molecule has 0 saturated heterocycles. The number of carbonyl (C=O) groups excluding carboxylic acids is 1. The van der Waals surface area contributed by atoms with Gasteiger partial charge in [-0.3, -0.25) is 4.79 Å². The molecule has 1 atom stereocenters. The molecule has 0 amide bonds. The number of hydrogen-bond donors (Lipinski definition) is 2. The summed E-state index contributed by atoms with van der Waals surface area (Å²) in [4.78, 5) is 11.1. The minimum absolute atomic E-state index is 0.126. The summed E-state index contributed by atoms with van der Waals surface area (Å²) >= 11 is 0. The second-order valence-electron chi connectivity index (χ2n) is 3.48. The number of likely N-dealkylation sites (N-methyl/N-ethyl adjacent to an activating group) is 1. The van der Waals surface area contributed by atoms with Gasteiger partial charge in [-0.25, -0.2) is 0 Å². The molecule has 0 fully saturated rings.